The minimum absolute atomic E-state index is 0.00154. The minimum atomic E-state index is 0.00154. The third-order valence-electron chi connectivity index (χ3n) is 2.68. The van der Waals surface area contributed by atoms with E-state index < -0.39 is 0 Å². The molecule has 3 heteroatoms. The predicted octanol–water partition coefficient (Wildman–Crippen LogP) is 3.87. The highest BCUT2D eigenvalue weighted by atomic mass is 32.1. The van der Waals surface area contributed by atoms with Crippen molar-refractivity contribution in [2.24, 2.45) is 0 Å². The first-order valence-corrected chi connectivity index (χ1v) is 8.77. The molecule has 0 N–H and O–H groups in total. The van der Waals surface area contributed by atoms with Crippen molar-refractivity contribution in [2.45, 2.75) is 39.8 Å². The molecule has 0 aliphatic carbocycles. The summed E-state index contributed by atoms with van der Waals surface area (Å²) >= 11 is 0. The minimum Gasteiger partial charge on any atom is -0.265 e. The van der Waals surface area contributed by atoms with Gasteiger partial charge in [0.05, 0.1) is 5.16 Å². The number of nitrogens with zero attached hydrogens (tertiary/aromatic N) is 1. The Kier molecular flexibility index (Phi) is 3.80. The van der Waals surface area contributed by atoms with Gasteiger partial charge in [-0.25, -0.2) is 0 Å². The van der Waals surface area contributed by atoms with E-state index in [4.69, 9.17) is 0 Å². The molecule has 0 aromatic heterocycles. The largest absolute Gasteiger partial charge is 0.265 e. The molecule has 1 heterocycles. The fourth-order valence-corrected chi connectivity index (χ4v) is 6.73. The fraction of sp³-hybridized carbons (Fsp3) is 0.462. The second-order valence-corrected chi connectivity index (χ2v) is 8.98. The summed E-state index contributed by atoms with van der Waals surface area (Å²) in [5.74, 6) is 0. The van der Waals surface area contributed by atoms with Crippen LogP contribution in [0.4, 0.5) is 0 Å². The van der Waals surface area contributed by atoms with Crippen LogP contribution in [-0.4, -0.2) is 22.1 Å². The fourth-order valence-electron chi connectivity index (χ4n) is 2.03. The normalized spacial score (nSPS) is 20.4. The van der Waals surface area contributed by atoms with Crippen LogP contribution in [0.1, 0.15) is 27.7 Å². The third-order valence-corrected chi connectivity index (χ3v) is 7.04. The van der Waals surface area contributed by atoms with Gasteiger partial charge in [0.15, 0.2) is 0 Å². The third kappa shape index (κ3) is 2.54. The number of rotatable bonds is 4. The Morgan fingerprint density at radius 2 is 1.56 bits per heavy atom. The van der Waals surface area contributed by atoms with E-state index in [0.29, 0.717) is 12.1 Å². The van der Waals surface area contributed by atoms with Gasteiger partial charge in [0.25, 0.3) is 0 Å². The molecule has 0 amide bonds. The molecule has 2 rings (SSSR count). The van der Waals surface area contributed by atoms with E-state index in [2.05, 4.69) is 62.9 Å². The molecule has 16 heavy (non-hydrogen) atoms. The lowest BCUT2D eigenvalue weighted by Crippen LogP contribution is -2.37. The smallest absolute Gasteiger partial charge is 0.0600 e. The van der Waals surface area contributed by atoms with Crippen LogP contribution in [0.15, 0.2) is 30.3 Å². The molecule has 1 aliphatic rings. The Morgan fingerprint density at radius 3 is 2.06 bits per heavy atom. The Balaban J connectivity index is 2.08. The molecular formula is C13H19NP2. The highest BCUT2D eigenvalue weighted by Crippen LogP contribution is 2.68. The van der Waals surface area contributed by atoms with Crippen molar-refractivity contribution >= 4 is 26.0 Å². The maximum Gasteiger partial charge on any atom is 0.0600 e. The van der Waals surface area contributed by atoms with Crippen LogP contribution in [0.2, 0.25) is 0 Å². The van der Waals surface area contributed by atoms with E-state index in [1.807, 2.05) is 0 Å². The van der Waals surface area contributed by atoms with Gasteiger partial charge >= 0.3 is 0 Å². The van der Waals surface area contributed by atoms with Crippen molar-refractivity contribution in [3.63, 3.8) is 0 Å². The second-order valence-electron chi connectivity index (χ2n) is 4.64. The van der Waals surface area contributed by atoms with Crippen LogP contribution in [0.25, 0.3) is 0 Å². The molecule has 0 spiro atoms. The van der Waals surface area contributed by atoms with Crippen molar-refractivity contribution in [3.8, 4) is 0 Å². The molecule has 1 atom stereocenters. The van der Waals surface area contributed by atoms with Crippen molar-refractivity contribution < 1.29 is 0 Å². The first-order chi connectivity index (χ1) is 7.61. The van der Waals surface area contributed by atoms with E-state index in [0.717, 1.165) is 0 Å². The van der Waals surface area contributed by atoms with Crippen molar-refractivity contribution in [1.82, 2.24) is 4.90 Å². The summed E-state index contributed by atoms with van der Waals surface area (Å²) in [6.45, 7) is 9.16. The predicted molar refractivity (Wildman–Crippen MR) is 77.0 cm³/mol. The highest BCUT2D eigenvalue weighted by Gasteiger charge is 2.35. The molecule has 1 nitrogen and oxygen atoms in total. The van der Waals surface area contributed by atoms with Gasteiger partial charge in [-0.1, -0.05) is 30.3 Å². The van der Waals surface area contributed by atoms with Gasteiger partial charge in [-0.05, 0) is 40.9 Å². The Bertz CT molecular complexity index is 376. The van der Waals surface area contributed by atoms with E-state index in [-0.39, 0.29) is 7.61 Å². The molecule has 0 saturated carbocycles. The maximum atomic E-state index is 2.58. The lowest BCUT2D eigenvalue weighted by atomic mass is 10.2. The monoisotopic (exact) mass is 251 g/mol. The average molecular weight is 251 g/mol. The first kappa shape index (κ1) is 12.2. The molecular weight excluding hydrogens is 232 g/mol. The zero-order valence-electron chi connectivity index (χ0n) is 10.4. The van der Waals surface area contributed by atoms with Gasteiger partial charge in [0.2, 0.25) is 0 Å². The lowest BCUT2D eigenvalue weighted by Gasteiger charge is -2.28. The molecule has 0 saturated heterocycles. The molecule has 1 unspecified atom stereocenters. The quantitative estimate of drug-likeness (QED) is 0.734. The lowest BCUT2D eigenvalue weighted by molar-refractivity contribution is 0.303. The number of benzene rings is 1. The van der Waals surface area contributed by atoms with Crippen LogP contribution in [0, 0.1) is 0 Å². The van der Waals surface area contributed by atoms with E-state index >= 15 is 0 Å². The summed E-state index contributed by atoms with van der Waals surface area (Å²) < 4.78 is 0. The highest BCUT2D eigenvalue weighted by molar-refractivity contribution is 8.49. The summed E-state index contributed by atoms with van der Waals surface area (Å²) in [4.78, 5) is 2.58. The first-order valence-electron chi connectivity index (χ1n) is 5.83. The molecule has 86 valence electrons. The molecule has 0 radical (unpaired) electrons. The molecule has 1 aromatic carbocycles. The van der Waals surface area contributed by atoms with Gasteiger partial charge in [0, 0.05) is 19.7 Å². The zero-order valence-corrected chi connectivity index (χ0v) is 12.2. The Labute approximate surface area is 101 Å². The van der Waals surface area contributed by atoms with E-state index in [9.17, 15) is 0 Å². The van der Waals surface area contributed by atoms with Crippen LogP contribution in [0.5, 0.6) is 0 Å². The molecule has 1 aromatic rings. The number of hydrogen-bond donors (Lipinski definition) is 0. The SMILES string of the molecule is CC(C)N(C1=PP1c1ccccc1)C(C)C. The Morgan fingerprint density at radius 1 is 1.00 bits per heavy atom. The van der Waals surface area contributed by atoms with Gasteiger partial charge in [-0.15, -0.1) is 0 Å². The summed E-state index contributed by atoms with van der Waals surface area (Å²) in [5.41, 5.74) is 0. The van der Waals surface area contributed by atoms with Gasteiger partial charge in [-0.3, -0.25) is 4.90 Å². The molecule has 0 fully saturated rings. The van der Waals surface area contributed by atoms with Gasteiger partial charge in [-0.2, -0.15) is 0 Å². The van der Waals surface area contributed by atoms with Gasteiger partial charge < -0.3 is 0 Å². The molecule has 0 bridgehead atoms. The van der Waals surface area contributed by atoms with Gasteiger partial charge in [0.1, 0.15) is 0 Å². The van der Waals surface area contributed by atoms with Crippen molar-refractivity contribution in [3.05, 3.63) is 30.3 Å². The summed E-state index contributed by atoms with van der Waals surface area (Å²) in [5, 5.41) is 3.19. The standard InChI is InChI=1S/C13H19NP2/c1-10(2)14(11(3)4)13-15-16(13)12-8-6-5-7-9-12/h5-11H,1-4H3. The van der Waals surface area contributed by atoms with Crippen LogP contribution in [0.3, 0.4) is 0 Å². The number of hydrogen-bond acceptors (Lipinski definition) is 1. The summed E-state index contributed by atoms with van der Waals surface area (Å²) in [6, 6.07) is 12.2. The maximum absolute atomic E-state index is 2.58. The summed E-state index contributed by atoms with van der Waals surface area (Å²) in [7, 11) is 1.57. The van der Waals surface area contributed by atoms with Crippen LogP contribution < -0.4 is 5.30 Å². The van der Waals surface area contributed by atoms with E-state index in [1.165, 1.54) is 5.30 Å². The average Bonchev–Trinajstić information content (AvgIpc) is 2.98. The summed E-state index contributed by atoms with van der Waals surface area (Å²) in [6.07, 6.45) is 0. The van der Waals surface area contributed by atoms with Crippen molar-refractivity contribution in [1.29, 1.82) is 0 Å². The molecule has 1 aliphatic heterocycles. The second kappa shape index (κ2) is 4.96. The Hall–Kier alpha value is -0.220. The topological polar surface area (TPSA) is 3.24 Å². The van der Waals surface area contributed by atoms with Crippen molar-refractivity contribution in [2.75, 3.05) is 0 Å². The van der Waals surface area contributed by atoms with Crippen LogP contribution in [-0.2, 0) is 0 Å². The zero-order chi connectivity index (χ0) is 11.7. The van der Waals surface area contributed by atoms with Crippen LogP contribution >= 0.6 is 15.5 Å². The van der Waals surface area contributed by atoms with E-state index in [1.54, 1.807) is 13.1 Å².